The summed E-state index contributed by atoms with van der Waals surface area (Å²) in [4.78, 5) is 21.3. The first-order valence-electron chi connectivity index (χ1n) is 2.89. The number of cyclic esters (lactones) is 1. The number of nitrogens with zero attached hydrogens (tertiary/aromatic N) is 1. The Morgan fingerprint density at radius 3 is 2.64 bits per heavy atom. The first-order chi connectivity index (χ1) is 5.13. The Bertz CT molecular complexity index is 194. The van der Waals surface area contributed by atoms with Crippen LogP contribution in [0.15, 0.2) is 0 Å². The van der Waals surface area contributed by atoms with Crippen LogP contribution in [-0.4, -0.2) is 34.9 Å². The fraction of sp³-hybridized carbons (Fsp3) is 0.600. The van der Waals surface area contributed by atoms with Gasteiger partial charge in [-0.3, -0.25) is 4.79 Å². The Balaban J connectivity index is 2.60. The van der Waals surface area contributed by atoms with Crippen molar-refractivity contribution in [3.05, 3.63) is 0 Å². The summed E-state index contributed by atoms with van der Waals surface area (Å²) in [6.07, 6.45) is -0.679. The normalized spacial score (nSPS) is 17.4. The van der Waals surface area contributed by atoms with Crippen molar-refractivity contribution in [2.45, 2.75) is 4.84 Å². The van der Waals surface area contributed by atoms with E-state index in [-0.39, 0.29) is 13.2 Å². The van der Waals surface area contributed by atoms with E-state index in [9.17, 15) is 9.59 Å². The second-order valence-corrected chi connectivity index (χ2v) is 3.00. The molecule has 1 aliphatic heterocycles. The van der Waals surface area contributed by atoms with Crippen molar-refractivity contribution >= 4 is 35.2 Å². The molecule has 0 aliphatic carbocycles. The zero-order valence-corrected chi connectivity index (χ0v) is 6.93. The highest BCUT2D eigenvalue weighted by Gasteiger charge is 2.31. The minimum atomic E-state index is -1.19. The van der Waals surface area contributed by atoms with Gasteiger partial charge >= 0.3 is 6.09 Å². The van der Waals surface area contributed by atoms with Gasteiger partial charge in [0, 0.05) is 0 Å². The molecule has 0 saturated carbocycles. The summed E-state index contributed by atoms with van der Waals surface area (Å²) in [5, 5.41) is 0. The number of halogens is 2. The summed E-state index contributed by atoms with van der Waals surface area (Å²) >= 11 is 10.5. The van der Waals surface area contributed by atoms with E-state index in [4.69, 9.17) is 23.2 Å². The molecule has 0 aromatic rings. The van der Waals surface area contributed by atoms with Gasteiger partial charge in [-0.1, -0.05) is 23.2 Å². The number of alkyl halides is 2. The standard InChI is InChI=1S/C5H5Cl2NO3/c6-3(7)4(9)8-1-2-11-5(8)10/h3H,1-2H2. The highest BCUT2D eigenvalue weighted by atomic mass is 35.5. The minimum absolute atomic E-state index is 0.213. The third-order valence-electron chi connectivity index (χ3n) is 1.21. The van der Waals surface area contributed by atoms with Gasteiger partial charge in [-0.05, 0) is 0 Å². The topological polar surface area (TPSA) is 46.6 Å². The number of hydrogen-bond donors (Lipinski definition) is 0. The molecule has 1 saturated heterocycles. The minimum Gasteiger partial charge on any atom is -0.447 e. The molecule has 1 fully saturated rings. The second-order valence-electron chi connectivity index (χ2n) is 1.90. The average Bonchev–Trinajstić information content (AvgIpc) is 2.33. The van der Waals surface area contributed by atoms with Crippen molar-refractivity contribution in [3.8, 4) is 0 Å². The van der Waals surface area contributed by atoms with E-state index >= 15 is 0 Å². The number of carbonyl (C=O) groups excluding carboxylic acids is 2. The van der Waals surface area contributed by atoms with Gasteiger partial charge in [0.05, 0.1) is 6.54 Å². The molecule has 0 aromatic carbocycles. The van der Waals surface area contributed by atoms with Crippen molar-refractivity contribution in [2.75, 3.05) is 13.2 Å². The lowest BCUT2D eigenvalue weighted by Gasteiger charge is -2.09. The van der Waals surface area contributed by atoms with Crippen LogP contribution in [-0.2, 0) is 9.53 Å². The zero-order chi connectivity index (χ0) is 8.43. The van der Waals surface area contributed by atoms with Crippen LogP contribution in [0, 0.1) is 0 Å². The molecule has 4 nitrogen and oxygen atoms in total. The highest BCUT2D eigenvalue weighted by Crippen LogP contribution is 2.11. The van der Waals surface area contributed by atoms with Crippen LogP contribution in [0.25, 0.3) is 0 Å². The van der Waals surface area contributed by atoms with Gasteiger partial charge in [-0.2, -0.15) is 0 Å². The number of hydrogen-bond acceptors (Lipinski definition) is 3. The number of amides is 2. The summed E-state index contributed by atoms with van der Waals surface area (Å²) < 4.78 is 4.49. The maximum atomic E-state index is 10.9. The predicted octanol–water partition coefficient (Wildman–Crippen LogP) is 0.769. The number of ether oxygens (including phenoxy) is 1. The molecule has 2 amide bonds. The van der Waals surface area contributed by atoms with Crippen molar-refractivity contribution in [3.63, 3.8) is 0 Å². The summed E-state index contributed by atoms with van der Waals surface area (Å²) in [7, 11) is 0. The lowest BCUT2D eigenvalue weighted by Crippen LogP contribution is -2.35. The molecule has 0 atom stereocenters. The molecule has 1 aliphatic rings. The van der Waals surface area contributed by atoms with Gasteiger partial charge in [0.2, 0.25) is 0 Å². The summed E-state index contributed by atoms with van der Waals surface area (Å²) in [5.74, 6) is -0.629. The van der Waals surface area contributed by atoms with Crippen LogP contribution < -0.4 is 0 Å². The van der Waals surface area contributed by atoms with Crippen LogP contribution in [0.3, 0.4) is 0 Å². The number of carbonyl (C=O) groups is 2. The van der Waals surface area contributed by atoms with E-state index in [0.717, 1.165) is 4.90 Å². The van der Waals surface area contributed by atoms with Gasteiger partial charge in [-0.25, -0.2) is 9.69 Å². The predicted molar refractivity (Wildman–Crippen MR) is 38.6 cm³/mol. The molecule has 6 heteroatoms. The van der Waals surface area contributed by atoms with Crippen molar-refractivity contribution in [1.29, 1.82) is 0 Å². The van der Waals surface area contributed by atoms with Crippen molar-refractivity contribution < 1.29 is 14.3 Å². The zero-order valence-electron chi connectivity index (χ0n) is 5.42. The molecule has 62 valence electrons. The summed E-state index contributed by atoms with van der Waals surface area (Å²) in [6, 6.07) is 0. The number of rotatable bonds is 1. The van der Waals surface area contributed by atoms with Crippen LogP contribution >= 0.6 is 23.2 Å². The van der Waals surface area contributed by atoms with E-state index in [1.54, 1.807) is 0 Å². The fourth-order valence-corrected chi connectivity index (χ4v) is 0.947. The van der Waals surface area contributed by atoms with Gasteiger partial charge in [0.25, 0.3) is 5.91 Å². The number of imide groups is 1. The van der Waals surface area contributed by atoms with Crippen LogP contribution in [0.5, 0.6) is 0 Å². The van der Waals surface area contributed by atoms with Gasteiger partial charge in [0.15, 0.2) is 4.84 Å². The van der Waals surface area contributed by atoms with E-state index in [2.05, 4.69) is 4.74 Å². The fourth-order valence-electron chi connectivity index (χ4n) is 0.711. The molecule has 0 N–H and O–H groups in total. The average molecular weight is 198 g/mol. The smallest absolute Gasteiger partial charge is 0.416 e. The lowest BCUT2D eigenvalue weighted by atomic mass is 10.5. The molecule has 11 heavy (non-hydrogen) atoms. The Morgan fingerprint density at radius 2 is 2.27 bits per heavy atom. The maximum absolute atomic E-state index is 10.9. The molecule has 1 heterocycles. The van der Waals surface area contributed by atoms with E-state index in [0.29, 0.717) is 0 Å². The second kappa shape index (κ2) is 3.28. The Hall–Kier alpha value is -0.480. The largest absolute Gasteiger partial charge is 0.447 e. The van der Waals surface area contributed by atoms with Crippen LogP contribution in [0.4, 0.5) is 4.79 Å². The first kappa shape index (κ1) is 8.62. The molecule has 0 spiro atoms. The van der Waals surface area contributed by atoms with Crippen molar-refractivity contribution in [1.82, 2.24) is 4.90 Å². The SMILES string of the molecule is O=C1OCCN1C(=O)C(Cl)Cl. The highest BCUT2D eigenvalue weighted by molar-refractivity contribution is 6.53. The monoisotopic (exact) mass is 197 g/mol. The molecular formula is C5H5Cl2NO3. The van der Waals surface area contributed by atoms with Crippen molar-refractivity contribution in [2.24, 2.45) is 0 Å². The molecule has 0 radical (unpaired) electrons. The molecule has 1 rings (SSSR count). The molecule has 0 aromatic heterocycles. The van der Waals surface area contributed by atoms with Gasteiger partial charge in [-0.15, -0.1) is 0 Å². The van der Waals surface area contributed by atoms with E-state index in [1.807, 2.05) is 0 Å². The Kier molecular flexibility index (Phi) is 2.57. The van der Waals surface area contributed by atoms with E-state index < -0.39 is 16.8 Å². The molecule has 0 unspecified atom stereocenters. The first-order valence-corrected chi connectivity index (χ1v) is 3.76. The molecular weight excluding hydrogens is 193 g/mol. The third kappa shape index (κ3) is 1.75. The van der Waals surface area contributed by atoms with Gasteiger partial charge < -0.3 is 4.74 Å². The Morgan fingerprint density at radius 1 is 1.64 bits per heavy atom. The summed E-state index contributed by atoms with van der Waals surface area (Å²) in [5.41, 5.74) is 0. The van der Waals surface area contributed by atoms with Crippen LogP contribution in [0.2, 0.25) is 0 Å². The van der Waals surface area contributed by atoms with E-state index in [1.165, 1.54) is 0 Å². The summed E-state index contributed by atoms with van der Waals surface area (Å²) in [6.45, 7) is 0.443. The molecule has 0 bridgehead atoms. The maximum Gasteiger partial charge on any atom is 0.416 e. The quantitative estimate of drug-likeness (QED) is 0.584. The van der Waals surface area contributed by atoms with Gasteiger partial charge in [0.1, 0.15) is 6.61 Å². The van der Waals surface area contributed by atoms with Crippen LogP contribution in [0.1, 0.15) is 0 Å². The Labute approximate surface area is 73.0 Å². The lowest BCUT2D eigenvalue weighted by molar-refractivity contribution is -0.125. The third-order valence-corrected chi connectivity index (χ3v) is 1.59.